The van der Waals surface area contributed by atoms with Crippen molar-refractivity contribution >= 4 is 28.9 Å². The Labute approximate surface area is 128 Å². The molecule has 20 heavy (non-hydrogen) atoms. The van der Waals surface area contributed by atoms with Crippen LogP contribution in [0.2, 0.25) is 10.0 Å². The largest absolute Gasteiger partial charge is 0.491 e. The van der Waals surface area contributed by atoms with E-state index in [0.29, 0.717) is 22.3 Å². The van der Waals surface area contributed by atoms with Gasteiger partial charge in [-0.25, -0.2) is 0 Å². The summed E-state index contributed by atoms with van der Waals surface area (Å²) in [5, 5.41) is 14.2. The molecule has 1 atom stereocenters. The highest BCUT2D eigenvalue weighted by Crippen LogP contribution is 2.20. The fourth-order valence-corrected chi connectivity index (χ4v) is 2.02. The molecule has 0 aromatic heterocycles. The van der Waals surface area contributed by atoms with Crippen molar-refractivity contribution in [2.75, 3.05) is 18.5 Å². The van der Waals surface area contributed by atoms with E-state index in [4.69, 9.17) is 27.9 Å². The number of hydrogen-bond acceptors (Lipinski definition) is 3. The van der Waals surface area contributed by atoms with Crippen molar-refractivity contribution in [3.63, 3.8) is 0 Å². The Bertz CT molecular complexity index is 563. The Morgan fingerprint density at radius 1 is 1.10 bits per heavy atom. The van der Waals surface area contributed by atoms with E-state index >= 15 is 0 Å². The molecule has 0 bridgehead atoms. The highest BCUT2D eigenvalue weighted by molar-refractivity contribution is 6.33. The van der Waals surface area contributed by atoms with E-state index in [9.17, 15) is 5.11 Å². The van der Waals surface area contributed by atoms with E-state index in [0.717, 1.165) is 5.69 Å². The highest BCUT2D eigenvalue weighted by Gasteiger charge is 2.06. The quantitative estimate of drug-likeness (QED) is 0.851. The van der Waals surface area contributed by atoms with Crippen molar-refractivity contribution in [3.8, 4) is 5.75 Å². The molecule has 0 heterocycles. The van der Waals surface area contributed by atoms with Gasteiger partial charge in [-0.3, -0.25) is 0 Å². The van der Waals surface area contributed by atoms with Gasteiger partial charge in [0.1, 0.15) is 18.5 Å². The fourth-order valence-electron chi connectivity index (χ4n) is 1.64. The first-order valence-electron chi connectivity index (χ1n) is 6.20. The van der Waals surface area contributed by atoms with Crippen LogP contribution in [0.3, 0.4) is 0 Å². The van der Waals surface area contributed by atoms with Crippen LogP contribution in [-0.2, 0) is 0 Å². The second-order valence-corrected chi connectivity index (χ2v) is 5.13. The minimum absolute atomic E-state index is 0.178. The van der Waals surface area contributed by atoms with Crippen molar-refractivity contribution in [2.24, 2.45) is 0 Å². The smallest absolute Gasteiger partial charge is 0.120 e. The van der Waals surface area contributed by atoms with Gasteiger partial charge in [0.2, 0.25) is 0 Å². The number of hydrogen-bond donors (Lipinski definition) is 2. The summed E-state index contributed by atoms with van der Waals surface area (Å²) in [6.07, 6.45) is -0.648. The maximum atomic E-state index is 9.87. The number of aliphatic hydroxyl groups excluding tert-OH is 1. The number of ether oxygens (including phenoxy) is 1. The zero-order valence-electron chi connectivity index (χ0n) is 10.7. The normalized spacial score (nSPS) is 11.9. The van der Waals surface area contributed by atoms with Crippen LogP contribution in [0, 0.1) is 0 Å². The first kappa shape index (κ1) is 15.0. The van der Waals surface area contributed by atoms with Crippen molar-refractivity contribution in [2.45, 2.75) is 6.10 Å². The summed E-state index contributed by atoms with van der Waals surface area (Å²) in [5.74, 6) is 0.634. The molecule has 1 unspecified atom stereocenters. The third-order valence-electron chi connectivity index (χ3n) is 2.64. The lowest BCUT2D eigenvalue weighted by molar-refractivity contribution is 0.117. The Hall–Kier alpha value is -1.42. The summed E-state index contributed by atoms with van der Waals surface area (Å²) in [7, 11) is 0. The van der Waals surface area contributed by atoms with Crippen LogP contribution >= 0.6 is 23.2 Å². The molecule has 0 aliphatic rings. The summed E-state index contributed by atoms with van der Waals surface area (Å²) in [4.78, 5) is 0. The first-order valence-corrected chi connectivity index (χ1v) is 6.95. The summed E-state index contributed by atoms with van der Waals surface area (Å²) in [6.45, 7) is 0.530. The molecular weight excluding hydrogens is 297 g/mol. The molecule has 0 aliphatic heterocycles. The molecule has 2 rings (SSSR count). The number of benzene rings is 2. The molecule has 0 amide bonds. The maximum absolute atomic E-state index is 9.87. The number of aliphatic hydroxyl groups is 1. The van der Waals surface area contributed by atoms with Crippen molar-refractivity contribution in [1.82, 2.24) is 0 Å². The molecule has 2 N–H and O–H groups in total. The van der Waals surface area contributed by atoms with Gasteiger partial charge in [0, 0.05) is 11.6 Å². The van der Waals surface area contributed by atoms with Gasteiger partial charge in [0.05, 0.1) is 10.7 Å². The van der Waals surface area contributed by atoms with Gasteiger partial charge in [-0.05, 0) is 30.3 Å². The minimum Gasteiger partial charge on any atom is -0.491 e. The Morgan fingerprint density at radius 2 is 1.90 bits per heavy atom. The van der Waals surface area contributed by atoms with Crippen molar-refractivity contribution in [3.05, 3.63) is 58.6 Å². The molecule has 0 saturated heterocycles. The van der Waals surface area contributed by atoms with Gasteiger partial charge in [-0.15, -0.1) is 0 Å². The number of nitrogens with one attached hydrogen (secondary N) is 1. The van der Waals surface area contributed by atoms with Crippen LogP contribution in [0.1, 0.15) is 0 Å². The molecule has 0 saturated carbocycles. The molecule has 0 spiro atoms. The Morgan fingerprint density at radius 3 is 2.65 bits per heavy atom. The number of halogens is 2. The highest BCUT2D eigenvalue weighted by atomic mass is 35.5. The number of rotatable bonds is 6. The maximum Gasteiger partial charge on any atom is 0.120 e. The molecule has 2 aromatic carbocycles. The summed E-state index contributed by atoms with van der Waals surface area (Å²) < 4.78 is 5.46. The molecule has 106 valence electrons. The predicted octanol–water partition coefficient (Wildman–Crippen LogP) is 3.85. The second-order valence-electron chi connectivity index (χ2n) is 4.28. The van der Waals surface area contributed by atoms with E-state index in [-0.39, 0.29) is 6.61 Å². The lowest BCUT2D eigenvalue weighted by Gasteiger charge is -2.14. The van der Waals surface area contributed by atoms with Crippen LogP contribution in [0.4, 0.5) is 5.69 Å². The molecule has 0 aliphatic carbocycles. The van der Waals surface area contributed by atoms with Gasteiger partial charge in [-0.1, -0.05) is 41.4 Å². The summed E-state index contributed by atoms with van der Waals surface area (Å²) >= 11 is 11.9. The Balaban J connectivity index is 1.78. The average molecular weight is 312 g/mol. The minimum atomic E-state index is -0.648. The zero-order chi connectivity index (χ0) is 14.4. The third-order valence-corrected chi connectivity index (χ3v) is 3.21. The van der Waals surface area contributed by atoms with Crippen LogP contribution in [0.15, 0.2) is 48.5 Å². The van der Waals surface area contributed by atoms with Gasteiger partial charge < -0.3 is 15.2 Å². The number of para-hydroxylation sites is 1. The fraction of sp³-hybridized carbons (Fsp3) is 0.200. The summed E-state index contributed by atoms with van der Waals surface area (Å²) in [5.41, 5.74) is 0.788. The lowest BCUT2D eigenvalue weighted by Crippen LogP contribution is -2.26. The predicted molar refractivity (Wildman–Crippen MR) is 82.9 cm³/mol. The van der Waals surface area contributed by atoms with Gasteiger partial charge in [0.25, 0.3) is 0 Å². The van der Waals surface area contributed by atoms with Crippen LogP contribution in [-0.4, -0.2) is 24.4 Å². The van der Waals surface area contributed by atoms with E-state index in [2.05, 4.69) is 5.32 Å². The van der Waals surface area contributed by atoms with Crippen molar-refractivity contribution in [1.29, 1.82) is 0 Å². The van der Waals surface area contributed by atoms with E-state index in [1.165, 1.54) is 0 Å². The SMILES string of the molecule is OC(CNc1ccccc1Cl)COc1cccc(Cl)c1. The van der Waals surface area contributed by atoms with E-state index in [1.54, 1.807) is 30.3 Å². The van der Waals surface area contributed by atoms with E-state index < -0.39 is 6.10 Å². The van der Waals surface area contributed by atoms with Gasteiger partial charge in [-0.2, -0.15) is 0 Å². The molecule has 5 heteroatoms. The van der Waals surface area contributed by atoms with Gasteiger partial charge >= 0.3 is 0 Å². The van der Waals surface area contributed by atoms with Crippen LogP contribution in [0.25, 0.3) is 0 Å². The van der Waals surface area contributed by atoms with Crippen molar-refractivity contribution < 1.29 is 9.84 Å². The first-order chi connectivity index (χ1) is 9.65. The second kappa shape index (κ2) is 7.39. The Kier molecular flexibility index (Phi) is 5.53. The summed E-state index contributed by atoms with van der Waals surface area (Å²) in [6, 6.07) is 14.4. The molecule has 0 radical (unpaired) electrons. The van der Waals surface area contributed by atoms with E-state index in [1.807, 2.05) is 18.2 Å². The standard InChI is InChI=1S/C15H15Cl2NO2/c16-11-4-3-5-13(8-11)20-10-12(19)9-18-15-7-2-1-6-14(15)17/h1-8,12,18-19H,9-10H2. The average Bonchev–Trinajstić information content (AvgIpc) is 2.44. The molecule has 0 fully saturated rings. The van der Waals surface area contributed by atoms with Crippen LogP contribution in [0.5, 0.6) is 5.75 Å². The zero-order valence-corrected chi connectivity index (χ0v) is 12.2. The molecular formula is C15H15Cl2NO2. The molecule has 3 nitrogen and oxygen atoms in total. The topological polar surface area (TPSA) is 41.5 Å². The monoisotopic (exact) mass is 311 g/mol. The molecule has 2 aromatic rings. The lowest BCUT2D eigenvalue weighted by atomic mass is 10.3. The van der Waals surface area contributed by atoms with Crippen LogP contribution < -0.4 is 10.1 Å². The number of anilines is 1. The van der Waals surface area contributed by atoms with Gasteiger partial charge in [0.15, 0.2) is 0 Å². The third kappa shape index (κ3) is 4.60.